The van der Waals surface area contributed by atoms with Gasteiger partial charge in [0, 0.05) is 6.21 Å². The molecule has 4 bridgehead atoms. The lowest BCUT2D eigenvalue weighted by Gasteiger charge is -2.58. The molecule has 0 unspecified atom stereocenters. The van der Waals surface area contributed by atoms with Gasteiger partial charge in [-0.05, 0) is 98.4 Å². The third-order valence-electron chi connectivity index (χ3n) is 6.31. The molecule has 0 amide bonds. The molecule has 5 rings (SSSR count). The van der Waals surface area contributed by atoms with Gasteiger partial charge in [-0.2, -0.15) is 0 Å². The highest BCUT2D eigenvalue weighted by molar-refractivity contribution is 5.79. The molecule has 1 N–H and O–H groups in total. The summed E-state index contributed by atoms with van der Waals surface area (Å²) in [6.45, 7) is 2.32. The molecule has 0 aromatic heterocycles. The summed E-state index contributed by atoms with van der Waals surface area (Å²) >= 11 is 0. The zero-order chi connectivity index (χ0) is 14.4. The average molecular weight is 283 g/mol. The molecule has 0 aliphatic heterocycles. The van der Waals surface area contributed by atoms with E-state index in [-0.39, 0.29) is 0 Å². The third kappa shape index (κ3) is 2.39. The number of phenols is 1. The van der Waals surface area contributed by atoms with Gasteiger partial charge >= 0.3 is 0 Å². The number of aromatic hydroxyl groups is 1. The third-order valence-corrected chi connectivity index (χ3v) is 6.31. The summed E-state index contributed by atoms with van der Waals surface area (Å²) in [6.07, 6.45) is 10.7. The lowest BCUT2D eigenvalue weighted by Crippen LogP contribution is -2.50. The zero-order valence-electron chi connectivity index (χ0n) is 12.8. The number of phenolic OH excluding ortho intramolecular Hbond substituents is 1. The van der Waals surface area contributed by atoms with Crippen molar-refractivity contribution in [1.82, 2.24) is 0 Å². The molecule has 4 aliphatic carbocycles. The van der Waals surface area contributed by atoms with Crippen molar-refractivity contribution >= 4 is 6.21 Å². The molecule has 0 saturated heterocycles. The van der Waals surface area contributed by atoms with E-state index in [9.17, 15) is 5.11 Å². The van der Waals surface area contributed by atoms with Crippen LogP contribution in [-0.2, 0) is 0 Å². The van der Waals surface area contributed by atoms with Gasteiger partial charge in [0.25, 0.3) is 0 Å². The number of aliphatic imine (C=N–C) groups is 1. The van der Waals surface area contributed by atoms with Crippen molar-refractivity contribution in [3.05, 3.63) is 29.8 Å². The number of nitrogens with zero attached hydrogens (tertiary/aromatic N) is 1. The van der Waals surface area contributed by atoms with Gasteiger partial charge in [0.2, 0.25) is 0 Å². The lowest BCUT2D eigenvalue weighted by molar-refractivity contribution is -0.0632. The standard InChI is InChI=1S/C19H25NO/c1-13(20-12-14-2-4-18(21)5-3-14)19-9-15-6-16(10-19)8-17(7-15)11-19/h2-5,12-13,15-17,21H,6-11H2,1H3/t13-,15?,16?,17?,19?/m0/s1. The van der Waals surface area contributed by atoms with Crippen LogP contribution in [0.4, 0.5) is 0 Å². The highest BCUT2D eigenvalue weighted by Gasteiger charge is 2.53. The summed E-state index contributed by atoms with van der Waals surface area (Å²) in [5, 5.41) is 9.34. The molecule has 4 aliphatic rings. The summed E-state index contributed by atoms with van der Waals surface area (Å²) in [7, 11) is 0. The Labute approximate surface area is 127 Å². The van der Waals surface area contributed by atoms with Crippen LogP contribution in [-0.4, -0.2) is 17.4 Å². The Balaban J connectivity index is 1.52. The van der Waals surface area contributed by atoms with Gasteiger partial charge in [-0.25, -0.2) is 0 Å². The van der Waals surface area contributed by atoms with E-state index in [1.165, 1.54) is 38.5 Å². The topological polar surface area (TPSA) is 32.6 Å². The summed E-state index contributed by atoms with van der Waals surface area (Å²) in [5.74, 6) is 3.29. The quantitative estimate of drug-likeness (QED) is 0.818. The highest BCUT2D eigenvalue weighted by Crippen LogP contribution is 2.61. The number of rotatable bonds is 3. The van der Waals surface area contributed by atoms with Crippen LogP contribution in [0.2, 0.25) is 0 Å². The summed E-state index contributed by atoms with van der Waals surface area (Å²) in [4.78, 5) is 4.91. The molecular formula is C19H25NO. The molecule has 1 aromatic carbocycles. The zero-order valence-corrected chi connectivity index (χ0v) is 12.8. The summed E-state index contributed by atoms with van der Waals surface area (Å²) < 4.78 is 0. The van der Waals surface area contributed by atoms with Gasteiger partial charge in [0.15, 0.2) is 0 Å². The number of benzene rings is 1. The van der Waals surface area contributed by atoms with Gasteiger partial charge in [-0.15, -0.1) is 0 Å². The Morgan fingerprint density at radius 3 is 2.10 bits per heavy atom. The maximum absolute atomic E-state index is 9.34. The Bertz CT molecular complexity index is 510. The summed E-state index contributed by atoms with van der Waals surface area (Å²) in [6, 6.07) is 7.77. The predicted molar refractivity (Wildman–Crippen MR) is 85.8 cm³/mol. The van der Waals surface area contributed by atoms with Gasteiger partial charge in [0.1, 0.15) is 5.75 Å². The van der Waals surface area contributed by atoms with Crippen molar-refractivity contribution in [3.8, 4) is 5.75 Å². The van der Waals surface area contributed by atoms with Crippen LogP contribution in [0.5, 0.6) is 5.75 Å². The second kappa shape index (κ2) is 4.86. The van der Waals surface area contributed by atoms with Crippen LogP contribution in [0, 0.1) is 23.2 Å². The van der Waals surface area contributed by atoms with Crippen LogP contribution >= 0.6 is 0 Å². The molecule has 4 fully saturated rings. The fourth-order valence-electron chi connectivity index (χ4n) is 5.61. The fraction of sp³-hybridized carbons (Fsp3) is 0.632. The first-order valence-corrected chi connectivity index (χ1v) is 8.45. The van der Waals surface area contributed by atoms with Gasteiger partial charge in [-0.3, -0.25) is 4.99 Å². The lowest BCUT2D eigenvalue weighted by atomic mass is 9.48. The van der Waals surface area contributed by atoms with Gasteiger partial charge in [0.05, 0.1) is 6.04 Å². The van der Waals surface area contributed by atoms with E-state index in [1.54, 1.807) is 12.1 Å². The molecule has 2 nitrogen and oxygen atoms in total. The van der Waals surface area contributed by atoms with Crippen molar-refractivity contribution < 1.29 is 5.11 Å². The van der Waals surface area contributed by atoms with Crippen molar-refractivity contribution in [2.45, 2.75) is 51.5 Å². The van der Waals surface area contributed by atoms with Crippen molar-refractivity contribution in [2.24, 2.45) is 28.2 Å². The van der Waals surface area contributed by atoms with Crippen LogP contribution in [0.3, 0.4) is 0 Å². The first kappa shape index (κ1) is 13.4. The molecular weight excluding hydrogens is 258 g/mol. The predicted octanol–water partition coefficient (Wildman–Crippen LogP) is 4.42. The molecule has 1 atom stereocenters. The fourth-order valence-corrected chi connectivity index (χ4v) is 5.61. The van der Waals surface area contributed by atoms with E-state index in [4.69, 9.17) is 4.99 Å². The maximum Gasteiger partial charge on any atom is 0.115 e. The smallest absolute Gasteiger partial charge is 0.115 e. The first-order chi connectivity index (χ1) is 10.1. The Hall–Kier alpha value is -1.31. The highest BCUT2D eigenvalue weighted by atomic mass is 16.3. The molecule has 0 heterocycles. The van der Waals surface area contributed by atoms with E-state index >= 15 is 0 Å². The first-order valence-electron chi connectivity index (χ1n) is 8.45. The van der Waals surface area contributed by atoms with Crippen LogP contribution in [0.15, 0.2) is 29.3 Å². The molecule has 21 heavy (non-hydrogen) atoms. The monoisotopic (exact) mass is 283 g/mol. The second-order valence-corrected chi connectivity index (χ2v) is 7.83. The molecule has 0 spiro atoms. The van der Waals surface area contributed by atoms with Crippen LogP contribution < -0.4 is 0 Å². The van der Waals surface area contributed by atoms with E-state index in [0.717, 1.165) is 23.3 Å². The molecule has 112 valence electrons. The Morgan fingerprint density at radius 1 is 1.05 bits per heavy atom. The van der Waals surface area contributed by atoms with E-state index in [2.05, 4.69) is 6.92 Å². The molecule has 0 radical (unpaired) electrons. The molecule has 4 saturated carbocycles. The van der Waals surface area contributed by atoms with Crippen molar-refractivity contribution in [3.63, 3.8) is 0 Å². The average Bonchev–Trinajstić information content (AvgIpc) is 2.45. The Kier molecular flexibility index (Phi) is 3.09. The summed E-state index contributed by atoms with van der Waals surface area (Å²) in [5.41, 5.74) is 1.58. The maximum atomic E-state index is 9.34. The number of hydrogen-bond donors (Lipinski definition) is 1. The van der Waals surface area contributed by atoms with E-state index in [1.807, 2.05) is 18.3 Å². The normalized spacial score (nSPS) is 39.0. The second-order valence-electron chi connectivity index (χ2n) is 7.83. The van der Waals surface area contributed by atoms with Gasteiger partial charge < -0.3 is 5.11 Å². The van der Waals surface area contributed by atoms with E-state index in [0.29, 0.717) is 17.2 Å². The van der Waals surface area contributed by atoms with Crippen LogP contribution in [0.1, 0.15) is 51.0 Å². The minimum absolute atomic E-state index is 0.321. The van der Waals surface area contributed by atoms with E-state index < -0.39 is 0 Å². The minimum atomic E-state index is 0.321. The molecule has 2 heteroatoms. The largest absolute Gasteiger partial charge is 0.508 e. The van der Waals surface area contributed by atoms with Gasteiger partial charge in [-0.1, -0.05) is 0 Å². The van der Waals surface area contributed by atoms with Crippen molar-refractivity contribution in [1.29, 1.82) is 0 Å². The van der Waals surface area contributed by atoms with Crippen molar-refractivity contribution in [2.75, 3.05) is 0 Å². The molecule has 1 aromatic rings. The SMILES string of the molecule is C[C@H](N=Cc1ccc(O)cc1)C12CC3CC(CC(C3)C1)C2. The van der Waals surface area contributed by atoms with Crippen LogP contribution in [0.25, 0.3) is 0 Å². The number of hydrogen-bond acceptors (Lipinski definition) is 2. The minimum Gasteiger partial charge on any atom is -0.508 e. The Morgan fingerprint density at radius 2 is 1.57 bits per heavy atom.